The number of aryl methyl sites for hydroxylation is 1. The Morgan fingerprint density at radius 3 is 2.24 bits per heavy atom. The van der Waals surface area contributed by atoms with Crippen LogP contribution in [0.5, 0.6) is 0 Å². The number of hydrogen-bond acceptors (Lipinski definition) is 2. The Kier molecular flexibility index (Phi) is 8.67. The Balaban J connectivity index is 2.14. The summed E-state index contributed by atoms with van der Waals surface area (Å²) in [7, 11) is 0. The molecule has 0 saturated heterocycles. The second kappa shape index (κ2) is 9.99. The molecule has 0 saturated carbocycles. The largest absolute Gasteiger partial charge is 0.333 e. The summed E-state index contributed by atoms with van der Waals surface area (Å²) in [6.07, 6.45) is 14.9. The third-order valence-corrected chi connectivity index (χ3v) is 3.85. The van der Waals surface area contributed by atoms with Crippen LogP contribution in [0.15, 0.2) is 12.5 Å². The number of nitrogens with one attached hydrogen (secondary N) is 1. The minimum atomic E-state index is 0.160. The smallest absolute Gasteiger partial charge is 0.0948 e. The van der Waals surface area contributed by atoms with Crippen molar-refractivity contribution >= 4 is 0 Å². The fourth-order valence-corrected chi connectivity index (χ4v) is 2.47. The summed E-state index contributed by atoms with van der Waals surface area (Å²) in [4.78, 5) is 4.29. The Morgan fingerprint density at radius 2 is 1.62 bits per heavy atom. The highest BCUT2D eigenvalue weighted by Crippen LogP contribution is 2.10. The summed E-state index contributed by atoms with van der Waals surface area (Å²) in [5, 5.41) is 3.53. The van der Waals surface area contributed by atoms with Crippen LogP contribution in [0.3, 0.4) is 0 Å². The zero-order valence-electron chi connectivity index (χ0n) is 14.6. The number of nitrogens with zero attached hydrogens (tertiary/aromatic N) is 2. The molecule has 0 aliphatic heterocycles. The van der Waals surface area contributed by atoms with Gasteiger partial charge < -0.3 is 9.88 Å². The maximum Gasteiger partial charge on any atom is 0.0948 e. The van der Waals surface area contributed by atoms with Crippen LogP contribution < -0.4 is 5.32 Å². The topological polar surface area (TPSA) is 29.9 Å². The quantitative estimate of drug-likeness (QED) is 0.587. The monoisotopic (exact) mass is 293 g/mol. The van der Waals surface area contributed by atoms with Gasteiger partial charge in [-0.05, 0) is 27.2 Å². The Labute approximate surface area is 131 Å². The Morgan fingerprint density at radius 1 is 1.00 bits per heavy atom. The van der Waals surface area contributed by atoms with E-state index in [0.29, 0.717) is 0 Å². The van der Waals surface area contributed by atoms with Crippen molar-refractivity contribution in [2.24, 2.45) is 0 Å². The van der Waals surface area contributed by atoms with Gasteiger partial charge in [-0.2, -0.15) is 0 Å². The highest BCUT2D eigenvalue weighted by atomic mass is 15.1. The molecule has 0 radical (unpaired) electrons. The SMILES string of the molecule is CCCCCCCCCCn1cncc1CNC(C)(C)C. The molecule has 1 heterocycles. The van der Waals surface area contributed by atoms with Crippen molar-refractivity contribution in [1.29, 1.82) is 0 Å². The van der Waals surface area contributed by atoms with Crippen LogP contribution in [0.2, 0.25) is 0 Å². The van der Waals surface area contributed by atoms with Crippen LogP contribution in [0, 0.1) is 0 Å². The summed E-state index contributed by atoms with van der Waals surface area (Å²) in [6, 6.07) is 0. The van der Waals surface area contributed by atoms with Gasteiger partial charge >= 0.3 is 0 Å². The lowest BCUT2D eigenvalue weighted by molar-refractivity contribution is 0.414. The highest BCUT2D eigenvalue weighted by molar-refractivity contribution is 4.98. The van der Waals surface area contributed by atoms with Gasteiger partial charge in [-0.25, -0.2) is 4.98 Å². The number of unbranched alkanes of at least 4 members (excludes halogenated alkanes) is 7. The predicted octanol–water partition coefficient (Wildman–Crippen LogP) is 4.91. The molecule has 0 bridgehead atoms. The van der Waals surface area contributed by atoms with Gasteiger partial charge in [-0.15, -0.1) is 0 Å². The number of imidazole rings is 1. The van der Waals surface area contributed by atoms with E-state index in [-0.39, 0.29) is 5.54 Å². The van der Waals surface area contributed by atoms with E-state index in [1.165, 1.54) is 57.1 Å². The molecule has 1 rings (SSSR count). The molecule has 21 heavy (non-hydrogen) atoms. The Bertz CT molecular complexity index is 363. The number of hydrogen-bond donors (Lipinski definition) is 1. The zero-order chi connectivity index (χ0) is 15.6. The summed E-state index contributed by atoms with van der Waals surface area (Å²) >= 11 is 0. The van der Waals surface area contributed by atoms with Gasteiger partial charge in [-0.3, -0.25) is 0 Å². The van der Waals surface area contributed by atoms with Crippen molar-refractivity contribution in [2.75, 3.05) is 0 Å². The second-order valence-corrected chi connectivity index (χ2v) is 7.16. The van der Waals surface area contributed by atoms with Crippen LogP contribution in [-0.2, 0) is 13.1 Å². The van der Waals surface area contributed by atoms with Crippen molar-refractivity contribution in [3.8, 4) is 0 Å². The van der Waals surface area contributed by atoms with Crippen LogP contribution in [-0.4, -0.2) is 15.1 Å². The average molecular weight is 293 g/mol. The van der Waals surface area contributed by atoms with E-state index in [1.54, 1.807) is 0 Å². The van der Waals surface area contributed by atoms with Crippen molar-refractivity contribution in [1.82, 2.24) is 14.9 Å². The molecule has 0 unspecified atom stereocenters. The summed E-state index contributed by atoms with van der Waals surface area (Å²) < 4.78 is 2.30. The molecule has 3 nitrogen and oxygen atoms in total. The molecule has 1 aromatic rings. The molecule has 0 fully saturated rings. The van der Waals surface area contributed by atoms with Crippen LogP contribution in [0.1, 0.15) is 84.8 Å². The first-order chi connectivity index (χ1) is 10.0. The molecular weight excluding hydrogens is 258 g/mol. The lowest BCUT2D eigenvalue weighted by Crippen LogP contribution is -2.35. The highest BCUT2D eigenvalue weighted by Gasteiger charge is 2.10. The zero-order valence-corrected chi connectivity index (χ0v) is 14.6. The first-order valence-corrected chi connectivity index (χ1v) is 8.77. The number of aromatic nitrogens is 2. The van der Waals surface area contributed by atoms with Gasteiger partial charge in [0, 0.05) is 24.8 Å². The van der Waals surface area contributed by atoms with E-state index in [1.807, 2.05) is 12.5 Å². The van der Waals surface area contributed by atoms with E-state index < -0.39 is 0 Å². The standard InChI is InChI=1S/C18H35N3/c1-5-6-7-8-9-10-11-12-13-21-16-19-14-17(21)15-20-18(2,3)4/h14,16,20H,5-13,15H2,1-4H3. The van der Waals surface area contributed by atoms with Crippen LogP contribution >= 0.6 is 0 Å². The minimum Gasteiger partial charge on any atom is -0.333 e. The van der Waals surface area contributed by atoms with Gasteiger partial charge in [0.2, 0.25) is 0 Å². The van der Waals surface area contributed by atoms with Gasteiger partial charge in [0.05, 0.1) is 12.0 Å². The van der Waals surface area contributed by atoms with Crippen molar-refractivity contribution in [3.05, 3.63) is 18.2 Å². The second-order valence-electron chi connectivity index (χ2n) is 7.16. The fourth-order valence-electron chi connectivity index (χ4n) is 2.47. The van der Waals surface area contributed by atoms with Gasteiger partial charge in [-0.1, -0.05) is 51.9 Å². The van der Waals surface area contributed by atoms with Crippen LogP contribution in [0.25, 0.3) is 0 Å². The first kappa shape index (κ1) is 18.2. The molecule has 1 N–H and O–H groups in total. The molecule has 0 aromatic carbocycles. The van der Waals surface area contributed by atoms with Crippen molar-refractivity contribution in [2.45, 2.75) is 97.7 Å². The van der Waals surface area contributed by atoms with Crippen LogP contribution in [0.4, 0.5) is 0 Å². The molecule has 0 amide bonds. The summed E-state index contributed by atoms with van der Waals surface area (Å²) in [6.45, 7) is 10.9. The van der Waals surface area contributed by atoms with E-state index in [9.17, 15) is 0 Å². The Hall–Kier alpha value is -0.830. The molecule has 0 aliphatic rings. The maximum atomic E-state index is 4.29. The fraction of sp³-hybridized carbons (Fsp3) is 0.833. The van der Waals surface area contributed by atoms with Gasteiger partial charge in [0.25, 0.3) is 0 Å². The third-order valence-electron chi connectivity index (χ3n) is 3.85. The molecule has 0 spiro atoms. The van der Waals surface area contributed by atoms with Gasteiger partial charge in [0.15, 0.2) is 0 Å². The van der Waals surface area contributed by atoms with E-state index in [4.69, 9.17) is 0 Å². The van der Waals surface area contributed by atoms with E-state index >= 15 is 0 Å². The molecule has 1 aromatic heterocycles. The van der Waals surface area contributed by atoms with Gasteiger partial charge in [0.1, 0.15) is 0 Å². The number of rotatable bonds is 11. The predicted molar refractivity (Wildman–Crippen MR) is 91.4 cm³/mol. The lowest BCUT2D eigenvalue weighted by atomic mass is 10.1. The van der Waals surface area contributed by atoms with E-state index in [2.05, 4.69) is 42.6 Å². The molecule has 3 heteroatoms. The minimum absolute atomic E-state index is 0.160. The first-order valence-electron chi connectivity index (χ1n) is 8.77. The molecule has 0 aliphatic carbocycles. The third kappa shape index (κ3) is 8.92. The maximum absolute atomic E-state index is 4.29. The van der Waals surface area contributed by atoms with Crippen molar-refractivity contribution < 1.29 is 0 Å². The average Bonchev–Trinajstić information content (AvgIpc) is 2.86. The van der Waals surface area contributed by atoms with Crippen molar-refractivity contribution in [3.63, 3.8) is 0 Å². The lowest BCUT2D eigenvalue weighted by Gasteiger charge is -2.21. The van der Waals surface area contributed by atoms with E-state index in [0.717, 1.165) is 13.1 Å². The normalized spacial score (nSPS) is 12.0. The molecular formula is C18H35N3. The summed E-state index contributed by atoms with van der Waals surface area (Å²) in [5.74, 6) is 0. The molecule has 0 atom stereocenters. The summed E-state index contributed by atoms with van der Waals surface area (Å²) in [5.41, 5.74) is 1.46. The molecule has 122 valence electrons.